The first kappa shape index (κ1) is 20.3. The van der Waals surface area contributed by atoms with Gasteiger partial charge in [-0.3, -0.25) is 4.90 Å². The molecule has 3 heteroatoms. The van der Waals surface area contributed by atoms with Gasteiger partial charge in [0.2, 0.25) is 0 Å². The van der Waals surface area contributed by atoms with E-state index in [0.717, 1.165) is 12.2 Å². The van der Waals surface area contributed by atoms with Gasteiger partial charge in [-0.15, -0.1) is 0 Å². The lowest BCUT2D eigenvalue weighted by molar-refractivity contribution is 0.214. The number of rotatable bonds is 12. The van der Waals surface area contributed by atoms with E-state index in [9.17, 15) is 0 Å². The number of nitrogens with two attached hydrogens (primary N) is 1. The van der Waals surface area contributed by atoms with Crippen LogP contribution in [-0.4, -0.2) is 37.2 Å². The fraction of sp³-hybridized carbons (Fsp3) is 0.727. The minimum Gasteiger partial charge on any atom is -0.497 e. The van der Waals surface area contributed by atoms with Crippen LogP contribution in [0.15, 0.2) is 24.3 Å². The summed E-state index contributed by atoms with van der Waals surface area (Å²) in [5.74, 6) is 0.938. The van der Waals surface area contributed by atoms with Gasteiger partial charge in [0.05, 0.1) is 7.11 Å². The highest BCUT2D eigenvalue weighted by Gasteiger charge is 2.28. The predicted molar refractivity (Wildman–Crippen MR) is 107 cm³/mol. The lowest BCUT2D eigenvalue weighted by Crippen LogP contribution is -2.44. The van der Waals surface area contributed by atoms with E-state index in [-0.39, 0.29) is 0 Å². The molecule has 2 atom stereocenters. The maximum atomic E-state index is 6.54. The molecule has 1 aliphatic rings. The number of ether oxygens (including phenoxy) is 1. The van der Waals surface area contributed by atoms with Gasteiger partial charge in [0, 0.05) is 12.1 Å². The third kappa shape index (κ3) is 6.99. The zero-order valence-corrected chi connectivity index (χ0v) is 16.4. The van der Waals surface area contributed by atoms with Gasteiger partial charge < -0.3 is 10.5 Å². The topological polar surface area (TPSA) is 38.5 Å². The van der Waals surface area contributed by atoms with Gasteiger partial charge >= 0.3 is 0 Å². The molecule has 0 bridgehead atoms. The minimum absolute atomic E-state index is 0.366. The van der Waals surface area contributed by atoms with Crippen LogP contribution in [0.4, 0.5) is 0 Å². The van der Waals surface area contributed by atoms with Gasteiger partial charge in [0.15, 0.2) is 0 Å². The number of likely N-dealkylation sites (tertiary alicyclic amines) is 1. The number of nitrogens with zero attached hydrogens (tertiary/aromatic N) is 1. The molecule has 25 heavy (non-hydrogen) atoms. The molecule has 0 saturated carbocycles. The van der Waals surface area contributed by atoms with Crippen LogP contribution in [0.25, 0.3) is 0 Å². The Hall–Kier alpha value is -1.06. The van der Waals surface area contributed by atoms with Crippen molar-refractivity contribution in [3.05, 3.63) is 29.8 Å². The fourth-order valence-electron chi connectivity index (χ4n) is 4.07. The van der Waals surface area contributed by atoms with Crippen molar-refractivity contribution in [1.29, 1.82) is 0 Å². The summed E-state index contributed by atoms with van der Waals surface area (Å²) in [4.78, 5) is 2.65. The van der Waals surface area contributed by atoms with Crippen molar-refractivity contribution in [2.24, 2.45) is 5.73 Å². The highest BCUT2D eigenvalue weighted by atomic mass is 16.5. The molecule has 1 fully saturated rings. The van der Waals surface area contributed by atoms with Crippen molar-refractivity contribution in [1.82, 2.24) is 4.90 Å². The summed E-state index contributed by atoms with van der Waals surface area (Å²) >= 11 is 0. The molecule has 1 aromatic carbocycles. The van der Waals surface area contributed by atoms with E-state index in [4.69, 9.17) is 10.5 Å². The van der Waals surface area contributed by atoms with E-state index in [1.54, 1.807) is 7.11 Å². The number of benzene rings is 1. The average molecular weight is 347 g/mol. The molecule has 0 aliphatic carbocycles. The van der Waals surface area contributed by atoms with Crippen LogP contribution < -0.4 is 10.5 Å². The van der Waals surface area contributed by atoms with E-state index >= 15 is 0 Å². The Morgan fingerprint density at radius 2 is 1.88 bits per heavy atom. The largest absolute Gasteiger partial charge is 0.497 e. The van der Waals surface area contributed by atoms with Gasteiger partial charge in [-0.1, -0.05) is 51.2 Å². The van der Waals surface area contributed by atoms with Crippen LogP contribution in [0, 0.1) is 0 Å². The Bertz CT molecular complexity index is 460. The van der Waals surface area contributed by atoms with Gasteiger partial charge in [-0.05, 0) is 62.9 Å². The summed E-state index contributed by atoms with van der Waals surface area (Å²) in [5, 5.41) is 0. The third-order valence-corrected chi connectivity index (χ3v) is 5.62. The molecule has 1 aromatic rings. The van der Waals surface area contributed by atoms with E-state index in [1.807, 2.05) is 0 Å². The highest BCUT2D eigenvalue weighted by Crippen LogP contribution is 2.23. The number of aryl methyl sites for hydroxylation is 1. The van der Waals surface area contributed by atoms with Crippen molar-refractivity contribution < 1.29 is 4.74 Å². The molecule has 0 aromatic heterocycles. The van der Waals surface area contributed by atoms with Crippen molar-refractivity contribution in [3.8, 4) is 5.75 Å². The van der Waals surface area contributed by atoms with E-state index < -0.39 is 0 Å². The molecular weight excluding hydrogens is 308 g/mol. The Labute approximate surface area is 154 Å². The molecule has 142 valence electrons. The second kappa shape index (κ2) is 11.5. The summed E-state index contributed by atoms with van der Waals surface area (Å²) in [6.07, 6.45) is 12.9. The SMILES string of the molecule is CCCCCCCC(N)C1CCCN1CCCc1ccc(OC)cc1. The van der Waals surface area contributed by atoms with Crippen LogP contribution in [0.2, 0.25) is 0 Å². The zero-order valence-electron chi connectivity index (χ0n) is 16.4. The highest BCUT2D eigenvalue weighted by molar-refractivity contribution is 5.27. The quantitative estimate of drug-likeness (QED) is 0.554. The molecular formula is C22H38N2O. The van der Waals surface area contributed by atoms with Gasteiger partial charge in [-0.2, -0.15) is 0 Å². The third-order valence-electron chi connectivity index (χ3n) is 5.62. The summed E-state index contributed by atoms with van der Waals surface area (Å²) < 4.78 is 5.23. The van der Waals surface area contributed by atoms with Crippen LogP contribution >= 0.6 is 0 Å². The van der Waals surface area contributed by atoms with Crippen LogP contribution in [0.1, 0.15) is 70.3 Å². The van der Waals surface area contributed by atoms with Crippen molar-refractivity contribution in [2.45, 2.75) is 83.2 Å². The smallest absolute Gasteiger partial charge is 0.118 e. The summed E-state index contributed by atoms with van der Waals surface area (Å²) in [6, 6.07) is 9.46. The van der Waals surface area contributed by atoms with E-state index in [1.165, 1.54) is 76.4 Å². The first-order chi connectivity index (χ1) is 12.2. The molecule has 0 spiro atoms. The first-order valence-corrected chi connectivity index (χ1v) is 10.4. The molecule has 2 rings (SSSR count). The lowest BCUT2D eigenvalue weighted by atomic mass is 9.99. The van der Waals surface area contributed by atoms with Gasteiger partial charge in [-0.25, -0.2) is 0 Å². The van der Waals surface area contributed by atoms with E-state index in [2.05, 4.69) is 36.1 Å². The maximum Gasteiger partial charge on any atom is 0.118 e. The average Bonchev–Trinajstić information content (AvgIpc) is 3.10. The fourth-order valence-corrected chi connectivity index (χ4v) is 4.07. The van der Waals surface area contributed by atoms with Gasteiger partial charge in [0.1, 0.15) is 5.75 Å². The standard InChI is InChI=1S/C22H38N2O/c1-3-4-5-6-7-11-21(23)22-12-9-18-24(22)17-8-10-19-13-15-20(25-2)16-14-19/h13-16,21-22H,3-12,17-18,23H2,1-2H3. The predicted octanol–water partition coefficient (Wildman–Crippen LogP) is 4.78. The van der Waals surface area contributed by atoms with Crippen LogP contribution in [-0.2, 0) is 6.42 Å². The van der Waals surface area contributed by atoms with Crippen LogP contribution in [0.5, 0.6) is 5.75 Å². The van der Waals surface area contributed by atoms with Crippen molar-refractivity contribution in [2.75, 3.05) is 20.2 Å². The Morgan fingerprint density at radius 3 is 2.60 bits per heavy atom. The van der Waals surface area contributed by atoms with E-state index in [0.29, 0.717) is 12.1 Å². The minimum atomic E-state index is 0.366. The number of hydrogen-bond donors (Lipinski definition) is 1. The summed E-state index contributed by atoms with van der Waals surface area (Å²) in [5.41, 5.74) is 7.94. The molecule has 2 unspecified atom stereocenters. The monoisotopic (exact) mass is 346 g/mol. The van der Waals surface area contributed by atoms with Crippen molar-refractivity contribution in [3.63, 3.8) is 0 Å². The van der Waals surface area contributed by atoms with Crippen LogP contribution in [0.3, 0.4) is 0 Å². The molecule has 1 saturated heterocycles. The Morgan fingerprint density at radius 1 is 1.12 bits per heavy atom. The normalized spacial score (nSPS) is 19.2. The molecule has 2 N–H and O–H groups in total. The number of hydrogen-bond acceptors (Lipinski definition) is 3. The number of methoxy groups -OCH3 is 1. The Balaban J connectivity index is 1.67. The van der Waals surface area contributed by atoms with Crippen molar-refractivity contribution >= 4 is 0 Å². The molecule has 0 radical (unpaired) electrons. The molecule has 1 heterocycles. The summed E-state index contributed by atoms with van der Waals surface area (Å²) in [7, 11) is 1.72. The Kier molecular flexibility index (Phi) is 9.35. The second-order valence-electron chi connectivity index (χ2n) is 7.56. The van der Waals surface area contributed by atoms with Gasteiger partial charge in [0.25, 0.3) is 0 Å². The summed E-state index contributed by atoms with van der Waals surface area (Å²) in [6.45, 7) is 4.69. The number of unbranched alkanes of at least 4 members (excludes halogenated alkanes) is 4. The molecule has 0 amide bonds. The second-order valence-corrected chi connectivity index (χ2v) is 7.56. The zero-order chi connectivity index (χ0) is 17.9. The molecule has 1 aliphatic heterocycles. The molecule has 3 nitrogen and oxygen atoms in total. The maximum absolute atomic E-state index is 6.54. The lowest BCUT2D eigenvalue weighted by Gasteiger charge is -2.29. The first-order valence-electron chi connectivity index (χ1n) is 10.4.